The molecule has 2 amide bonds. The fourth-order valence-electron chi connectivity index (χ4n) is 3.82. The average Bonchev–Trinajstić information content (AvgIpc) is 3.14. The first-order valence-electron chi connectivity index (χ1n) is 9.61. The van der Waals surface area contributed by atoms with E-state index >= 15 is 0 Å². The number of hydrogen-bond acceptors (Lipinski definition) is 5. The quantitative estimate of drug-likeness (QED) is 0.776. The van der Waals surface area contributed by atoms with Crippen molar-refractivity contribution in [2.75, 3.05) is 18.4 Å². The Kier molecular flexibility index (Phi) is 5.28. The van der Waals surface area contributed by atoms with E-state index in [0.29, 0.717) is 30.6 Å². The number of nitriles is 1. The van der Waals surface area contributed by atoms with E-state index in [-0.39, 0.29) is 41.3 Å². The molecule has 0 radical (unpaired) electrons. The number of benzene rings is 2. The van der Waals surface area contributed by atoms with E-state index in [9.17, 15) is 23.3 Å². The molecule has 154 valence electrons. The Labute approximate surface area is 174 Å². The van der Waals surface area contributed by atoms with Crippen LogP contribution >= 0.6 is 0 Å². The van der Waals surface area contributed by atoms with Crippen LogP contribution in [0.3, 0.4) is 0 Å². The van der Waals surface area contributed by atoms with Crippen LogP contribution in [-0.4, -0.2) is 37.6 Å². The van der Waals surface area contributed by atoms with Gasteiger partial charge in [-0.15, -0.1) is 0 Å². The molecule has 30 heavy (non-hydrogen) atoms. The summed E-state index contributed by atoms with van der Waals surface area (Å²) >= 11 is 0. The topological polar surface area (TPSA) is 119 Å². The van der Waals surface area contributed by atoms with E-state index in [1.807, 2.05) is 12.1 Å². The molecule has 2 aliphatic rings. The third-order valence-corrected chi connectivity index (χ3v) is 7.47. The van der Waals surface area contributed by atoms with E-state index in [4.69, 9.17) is 0 Å². The third kappa shape index (κ3) is 3.67. The minimum atomic E-state index is -3.79. The first-order valence-corrected chi connectivity index (χ1v) is 11.1. The van der Waals surface area contributed by atoms with Crippen LogP contribution in [0.2, 0.25) is 0 Å². The molecule has 8 nitrogen and oxygen atoms in total. The van der Waals surface area contributed by atoms with Crippen molar-refractivity contribution in [3.63, 3.8) is 0 Å². The summed E-state index contributed by atoms with van der Waals surface area (Å²) in [5.41, 5.74) is 2.12. The van der Waals surface area contributed by atoms with Gasteiger partial charge in [-0.2, -0.15) is 9.57 Å². The molecule has 1 saturated heterocycles. The molecule has 0 bridgehead atoms. The molecule has 0 spiro atoms. The Bertz CT molecular complexity index is 1160. The lowest BCUT2D eigenvalue weighted by molar-refractivity contribution is -0.120. The molecular weight excluding hydrogens is 404 g/mol. The number of hydrogen-bond donors (Lipinski definition) is 2. The molecule has 0 aromatic heterocycles. The Morgan fingerprint density at radius 3 is 2.63 bits per heavy atom. The highest BCUT2D eigenvalue weighted by molar-refractivity contribution is 7.89. The van der Waals surface area contributed by atoms with E-state index in [2.05, 4.69) is 10.6 Å². The molecule has 2 N–H and O–H groups in total. The summed E-state index contributed by atoms with van der Waals surface area (Å²) in [5, 5.41) is 14.8. The monoisotopic (exact) mass is 424 g/mol. The summed E-state index contributed by atoms with van der Waals surface area (Å²) in [4.78, 5) is 24.4. The lowest BCUT2D eigenvalue weighted by atomic mass is 9.97. The molecule has 0 unspecified atom stereocenters. The van der Waals surface area contributed by atoms with Crippen LogP contribution in [0.5, 0.6) is 0 Å². The normalized spacial score (nSPS) is 17.1. The number of carbonyl (C=O) groups is 2. The zero-order valence-corrected chi connectivity index (χ0v) is 16.9. The largest absolute Gasteiger partial charge is 0.348 e. The Balaban J connectivity index is 1.41. The van der Waals surface area contributed by atoms with Crippen LogP contribution < -0.4 is 10.6 Å². The van der Waals surface area contributed by atoms with Crippen LogP contribution in [0.4, 0.5) is 5.69 Å². The van der Waals surface area contributed by atoms with Crippen molar-refractivity contribution >= 4 is 27.5 Å². The highest BCUT2D eigenvalue weighted by Crippen LogP contribution is 2.27. The number of rotatable bonds is 4. The van der Waals surface area contributed by atoms with Gasteiger partial charge in [-0.25, -0.2) is 8.42 Å². The molecule has 2 heterocycles. The number of sulfonamides is 1. The molecule has 2 aliphatic heterocycles. The molecule has 1 fully saturated rings. The summed E-state index contributed by atoms with van der Waals surface area (Å²) in [6.07, 6.45) is 0.760. The Morgan fingerprint density at radius 1 is 1.17 bits per heavy atom. The number of carbonyl (C=O) groups excluding carboxylic acids is 2. The number of anilines is 1. The molecule has 2 aromatic rings. The highest BCUT2D eigenvalue weighted by atomic mass is 32.2. The summed E-state index contributed by atoms with van der Waals surface area (Å²) in [6, 6.07) is 13.3. The Morgan fingerprint density at radius 2 is 1.90 bits per heavy atom. The fraction of sp³-hybridized carbons (Fsp3) is 0.286. The van der Waals surface area contributed by atoms with Gasteiger partial charge in [0.15, 0.2) is 0 Å². The molecule has 2 aromatic carbocycles. The van der Waals surface area contributed by atoms with Crippen molar-refractivity contribution in [1.82, 2.24) is 9.62 Å². The number of amides is 2. The maximum Gasteiger partial charge on any atom is 0.251 e. The van der Waals surface area contributed by atoms with Crippen molar-refractivity contribution in [2.45, 2.75) is 24.3 Å². The van der Waals surface area contributed by atoms with E-state index in [0.717, 1.165) is 5.56 Å². The standard InChI is InChI=1S/C21H20N4O4S/c22-12-15-3-1-2-4-19(15)30(28,29)25-9-7-14(8-10-25)20(26)24-17-6-5-16-13-23-21(27)18(16)11-17/h1-6,11,14H,7-10,13H2,(H,23,27)(H,24,26). The van der Waals surface area contributed by atoms with Gasteiger partial charge in [-0.3, -0.25) is 9.59 Å². The molecule has 9 heteroatoms. The van der Waals surface area contributed by atoms with Gasteiger partial charge in [0.2, 0.25) is 15.9 Å². The van der Waals surface area contributed by atoms with Gasteiger partial charge in [-0.05, 0) is 42.7 Å². The third-order valence-electron chi connectivity index (χ3n) is 5.51. The second-order valence-electron chi connectivity index (χ2n) is 7.33. The van der Waals surface area contributed by atoms with Crippen molar-refractivity contribution in [3.05, 3.63) is 59.2 Å². The van der Waals surface area contributed by atoms with Crippen molar-refractivity contribution in [3.8, 4) is 6.07 Å². The smallest absolute Gasteiger partial charge is 0.251 e. The number of nitrogens with zero attached hydrogens (tertiary/aromatic N) is 2. The van der Waals surface area contributed by atoms with Gasteiger partial charge in [0.05, 0.1) is 10.5 Å². The number of piperidine rings is 1. The van der Waals surface area contributed by atoms with Crippen LogP contribution in [0.1, 0.15) is 34.3 Å². The van der Waals surface area contributed by atoms with Crippen LogP contribution in [-0.2, 0) is 21.4 Å². The molecule has 0 atom stereocenters. The van der Waals surface area contributed by atoms with Crippen LogP contribution in [0.15, 0.2) is 47.4 Å². The van der Waals surface area contributed by atoms with Gasteiger partial charge >= 0.3 is 0 Å². The minimum absolute atomic E-state index is 0.00757. The first kappa shape index (κ1) is 20.1. The fourth-order valence-corrected chi connectivity index (χ4v) is 5.43. The predicted molar refractivity (Wildman–Crippen MR) is 109 cm³/mol. The average molecular weight is 424 g/mol. The summed E-state index contributed by atoms with van der Waals surface area (Å²) in [7, 11) is -3.79. The van der Waals surface area contributed by atoms with E-state index in [1.54, 1.807) is 24.3 Å². The van der Waals surface area contributed by atoms with Gasteiger partial charge in [0.1, 0.15) is 6.07 Å². The molecule has 0 saturated carbocycles. The van der Waals surface area contributed by atoms with Gasteiger partial charge in [0.25, 0.3) is 5.91 Å². The van der Waals surface area contributed by atoms with E-state index in [1.165, 1.54) is 16.4 Å². The summed E-state index contributed by atoms with van der Waals surface area (Å²) in [6.45, 7) is 0.893. The zero-order valence-electron chi connectivity index (χ0n) is 16.1. The van der Waals surface area contributed by atoms with E-state index < -0.39 is 10.0 Å². The summed E-state index contributed by atoms with van der Waals surface area (Å²) < 4.78 is 27.1. The minimum Gasteiger partial charge on any atom is -0.348 e. The van der Waals surface area contributed by atoms with Gasteiger partial charge < -0.3 is 10.6 Å². The van der Waals surface area contributed by atoms with Crippen molar-refractivity contribution in [1.29, 1.82) is 5.26 Å². The van der Waals surface area contributed by atoms with Crippen LogP contribution in [0, 0.1) is 17.2 Å². The van der Waals surface area contributed by atoms with Gasteiger partial charge in [-0.1, -0.05) is 18.2 Å². The lowest BCUT2D eigenvalue weighted by Gasteiger charge is -2.30. The predicted octanol–water partition coefficient (Wildman–Crippen LogP) is 1.84. The van der Waals surface area contributed by atoms with Crippen LogP contribution in [0.25, 0.3) is 0 Å². The Hall–Kier alpha value is -3.22. The molecule has 0 aliphatic carbocycles. The highest BCUT2D eigenvalue weighted by Gasteiger charge is 2.33. The first-order chi connectivity index (χ1) is 14.4. The van der Waals surface area contributed by atoms with Crippen molar-refractivity contribution in [2.24, 2.45) is 5.92 Å². The maximum absolute atomic E-state index is 12.9. The van der Waals surface area contributed by atoms with Gasteiger partial charge in [0, 0.05) is 36.8 Å². The number of nitrogens with one attached hydrogen (secondary N) is 2. The van der Waals surface area contributed by atoms with Crippen molar-refractivity contribution < 1.29 is 18.0 Å². The summed E-state index contributed by atoms with van der Waals surface area (Å²) in [5.74, 6) is -0.676. The second-order valence-corrected chi connectivity index (χ2v) is 9.24. The molecular formula is C21H20N4O4S. The molecule has 4 rings (SSSR count). The second kappa shape index (κ2) is 7.89. The SMILES string of the molecule is N#Cc1ccccc1S(=O)(=O)N1CCC(C(=O)Nc2ccc3c(c2)C(=O)NC3)CC1. The zero-order chi connectivity index (χ0) is 21.3. The lowest BCUT2D eigenvalue weighted by Crippen LogP contribution is -2.41. The number of fused-ring (bicyclic) bond motifs is 1. The maximum atomic E-state index is 12.9.